The number of pyridine rings is 1. The van der Waals surface area contributed by atoms with E-state index in [0.717, 1.165) is 27.9 Å². The first-order valence-corrected chi connectivity index (χ1v) is 11.4. The first-order valence-electron chi connectivity index (χ1n) is 10.6. The quantitative estimate of drug-likeness (QED) is 0.250. The molecule has 32 heavy (non-hydrogen) atoms. The van der Waals surface area contributed by atoms with Crippen LogP contribution in [0.3, 0.4) is 0 Å². The van der Waals surface area contributed by atoms with Gasteiger partial charge in [-0.2, -0.15) is 0 Å². The van der Waals surface area contributed by atoms with Gasteiger partial charge in [-0.1, -0.05) is 88.7 Å². The van der Waals surface area contributed by atoms with Crippen LogP contribution in [-0.4, -0.2) is 12.1 Å². The minimum Gasteiger partial charge on any atom is -0.497 e. The van der Waals surface area contributed by atoms with E-state index in [9.17, 15) is 0 Å². The molecule has 0 aliphatic heterocycles. The Morgan fingerprint density at radius 3 is 2.22 bits per heavy atom. The van der Waals surface area contributed by atoms with Crippen LogP contribution in [0.5, 0.6) is 5.75 Å². The van der Waals surface area contributed by atoms with Crippen molar-refractivity contribution in [3.8, 4) is 28.1 Å². The summed E-state index contributed by atoms with van der Waals surface area (Å²) in [4.78, 5) is 5.17. The topological polar surface area (TPSA) is 22.1 Å². The third kappa shape index (κ3) is 2.68. The molecule has 0 radical (unpaired) electrons. The summed E-state index contributed by atoms with van der Waals surface area (Å²) in [6, 6.07) is 36.0. The highest BCUT2D eigenvalue weighted by molar-refractivity contribution is 9.10. The average Bonchev–Trinajstić information content (AvgIpc) is 3.15. The number of hydrogen-bond donors (Lipinski definition) is 0. The second-order valence-corrected chi connectivity index (χ2v) is 9.22. The monoisotopic (exact) mass is 477 g/mol. The Labute approximate surface area is 195 Å². The number of alkyl halides is 1. The number of fused-ring (bicyclic) bond motifs is 5. The van der Waals surface area contributed by atoms with Crippen molar-refractivity contribution in [3.63, 3.8) is 0 Å². The highest BCUT2D eigenvalue weighted by Gasteiger charge is 2.45. The van der Waals surface area contributed by atoms with Gasteiger partial charge in [0.15, 0.2) is 0 Å². The van der Waals surface area contributed by atoms with E-state index < -0.39 is 4.32 Å². The van der Waals surface area contributed by atoms with Gasteiger partial charge in [0.2, 0.25) is 0 Å². The van der Waals surface area contributed by atoms with Crippen molar-refractivity contribution in [1.29, 1.82) is 0 Å². The lowest BCUT2D eigenvalue weighted by atomic mass is 9.86. The summed E-state index contributed by atoms with van der Waals surface area (Å²) >= 11 is 4.25. The number of methoxy groups -OCH3 is 1. The van der Waals surface area contributed by atoms with Crippen LogP contribution >= 0.6 is 15.9 Å². The molecule has 5 aromatic rings. The van der Waals surface area contributed by atoms with Crippen LogP contribution in [0.4, 0.5) is 0 Å². The number of nitrogens with zero attached hydrogens (tertiary/aromatic N) is 1. The van der Waals surface area contributed by atoms with E-state index in [2.05, 4.69) is 107 Å². The van der Waals surface area contributed by atoms with Crippen LogP contribution in [-0.2, 0) is 4.32 Å². The number of rotatable bonds is 3. The first kappa shape index (κ1) is 19.3. The molecule has 0 spiro atoms. The van der Waals surface area contributed by atoms with Gasteiger partial charge in [0, 0.05) is 16.5 Å². The second kappa shape index (κ2) is 7.32. The molecule has 1 atom stereocenters. The van der Waals surface area contributed by atoms with Crippen LogP contribution < -0.4 is 4.74 Å². The average molecular weight is 478 g/mol. The molecular weight excluding hydrogens is 458 g/mol. The van der Waals surface area contributed by atoms with Gasteiger partial charge in [0.05, 0.1) is 18.3 Å². The lowest BCUT2D eigenvalue weighted by Gasteiger charge is -2.27. The Morgan fingerprint density at radius 1 is 0.750 bits per heavy atom. The van der Waals surface area contributed by atoms with Crippen LogP contribution in [0.1, 0.15) is 16.7 Å². The molecule has 0 fully saturated rings. The molecular formula is C29H20BrNO. The number of aromatic nitrogens is 1. The Hall–Kier alpha value is -3.43. The van der Waals surface area contributed by atoms with E-state index in [1.54, 1.807) is 7.11 Å². The van der Waals surface area contributed by atoms with Crippen molar-refractivity contribution >= 4 is 26.8 Å². The normalized spacial score (nSPS) is 16.6. The Kier molecular flexibility index (Phi) is 4.41. The van der Waals surface area contributed by atoms with Gasteiger partial charge in [-0.25, -0.2) is 4.98 Å². The molecule has 1 heterocycles. The van der Waals surface area contributed by atoms with Crippen LogP contribution in [0.2, 0.25) is 0 Å². The van der Waals surface area contributed by atoms with Gasteiger partial charge in [-0.05, 0) is 52.6 Å². The van der Waals surface area contributed by atoms with Crippen molar-refractivity contribution in [2.75, 3.05) is 7.11 Å². The fraction of sp³-hybridized carbons (Fsp3) is 0.0690. The minimum absolute atomic E-state index is 0.454. The van der Waals surface area contributed by atoms with E-state index in [1.807, 2.05) is 12.1 Å². The lowest BCUT2D eigenvalue weighted by molar-refractivity contribution is 0.415. The largest absolute Gasteiger partial charge is 0.497 e. The van der Waals surface area contributed by atoms with Crippen molar-refractivity contribution in [1.82, 2.24) is 4.98 Å². The second-order valence-electron chi connectivity index (χ2n) is 8.03. The lowest BCUT2D eigenvalue weighted by Crippen LogP contribution is -2.19. The van der Waals surface area contributed by atoms with Gasteiger partial charge in [0.25, 0.3) is 0 Å². The maximum Gasteiger partial charge on any atom is 0.118 e. The molecule has 4 aromatic carbocycles. The molecule has 0 saturated heterocycles. The van der Waals surface area contributed by atoms with E-state index in [4.69, 9.17) is 9.72 Å². The van der Waals surface area contributed by atoms with Gasteiger partial charge >= 0.3 is 0 Å². The van der Waals surface area contributed by atoms with Crippen LogP contribution in [0.25, 0.3) is 33.3 Å². The summed E-state index contributed by atoms with van der Waals surface area (Å²) in [6.07, 6.45) is 0. The zero-order chi connectivity index (χ0) is 21.7. The summed E-state index contributed by atoms with van der Waals surface area (Å²) in [7, 11) is 1.69. The first-order chi connectivity index (χ1) is 15.7. The van der Waals surface area contributed by atoms with Gasteiger partial charge in [-0.15, -0.1) is 0 Å². The smallest absolute Gasteiger partial charge is 0.118 e. The van der Waals surface area contributed by atoms with Crippen molar-refractivity contribution in [2.45, 2.75) is 4.32 Å². The van der Waals surface area contributed by atoms with Crippen molar-refractivity contribution in [3.05, 3.63) is 120 Å². The maximum atomic E-state index is 5.39. The van der Waals surface area contributed by atoms with E-state index >= 15 is 0 Å². The summed E-state index contributed by atoms with van der Waals surface area (Å²) in [5.74, 6) is 0.839. The number of para-hydroxylation sites is 1. The summed E-state index contributed by atoms with van der Waals surface area (Å²) in [6.45, 7) is 0. The fourth-order valence-electron chi connectivity index (χ4n) is 4.89. The van der Waals surface area contributed by atoms with Crippen LogP contribution in [0, 0.1) is 0 Å². The third-order valence-corrected chi connectivity index (χ3v) is 7.62. The highest BCUT2D eigenvalue weighted by Crippen LogP contribution is 2.59. The molecule has 1 aliphatic rings. The number of halogens is 1. The van der Waals surface area contributed by atoms with E-state index in [-0.39, 0.29) is 0 Å². The predicted molar refractivity (Wildman–Crippen MR) is 134 cm³/mol. The summed E-state index contributed by atoms with van der Waals surface area (Å²) in [5.41, 5.74) is 9.17. The number of hydrogen-bond acceptors (Lipinski definition) is 2. The zero-order valence-corrected chi connectivity index (χ0v) is 19.1. The number of ether oxygens (including phenoxy) is 1. The number of benzene rings is 4. The van der Waals surface area contributed by atoms with Crippen LogP contribution in [0.15, 0.2) is 103 Å². The van der Waals surface area contributed by atoms with Crippen molar-refractivity contribution < 1.29 is 4.74 Å². The molecule has 1 aliphatic carbocycles. The molecule has 154 valence electrons. The molecule has 0 amide bonds. The van der Waals surface area contributed by atoms with E-state index in [0.29, 0.717) is 0 Å². The van der Waals surface area contributed by atoms with Gasteiger partial charge < -0.3 is 4.74 Å². The van der Waals surface area contributed by atoms with Crippen molar-refractivity contribution in [2.24, 2.45) is 0 Å². The molecule has 1 unspecified atom stereocenters. The minimum atomic E-state index is -0.454. The molecule has 6 rings (SSSR count). The standard InChI is InChI=1S/C29H20BrNO/c1-32-21-17-15-19(16-18-21)28-26-22-11-5-7-13-24(22)29(30,20-9-3-2-4-10-20)27(26)23-12-6-8-14-25(23)31-28/h2-18H,1H3. The predicted octanol–water partition coefficient (Wildman–Crippen LogP) is 7.58. The third-order valence-electron chi connectivity index (χ3n) is 6.34. The summed E-state index contributed by atoms with van der Waals surface area (Å²) < 4.78 is 4.93. The maximum absolute atomic E-state index is 5.39. The fourth-order valence-corrected chi connectivity index (χ4v) is 5.92. The van der Waals surface area contributed by atoms with Gasteiger partial charge in [0.1, 0.15) is 10.1 Å². The SMILES string of the molecule is COc1ccc(-c2nc3ccccc3c3c2-c2ccccc2C3(Br)c2ccccc2)cc1. The molecule has 0 bridgehead atoms. The molecule has 0 saturated carbocycles. The van der Waals surface area contributed by atoms with E-state index in [1.165, 1.54) is 27.8 Å². The van der Waals surface area contributed by atoms with Gasteiger partial charge in [-0.3, -0.25) is 0 Å². The zero-order valence-electron chi connectivity index (χ0n) is 17.5. The highest BCUT2D eigenvalue weighted by atomic mass is 79.9. The Balaban J connectivity index is 1.77. The molecule has 0 N–H and O–H groups in total. The molecule has 2 nitrogen and oxygen atoms in total. The molecule has 3 heteroatoms. The summed E-state index contributed by atoms with van der Waals surface area (Å²) in [5, 5.41) is 1.16. The Morgan fingerprint density at radius 2 is 1.44 bits per heavy atom. The Bertz CT molecular complexity index is 1460. The molecule has 1 aromatic heterocycles.